The van der Waals surface area contributed by atoms with Crippen LogP contribution in [0.3, 0.4) is 0 Å². The van der Waals surface area contributed by atoms with E-state index in [4.69, 9.17) is 0 Å². The zero-order valence-electron chi connectivity index (χ0n) is 10.5. The first-order valence-corrected chi connectivity index (χ1v) is 7.10. The number of pyridine rings is 1. The van der Waals surface area contributed by atoms with Crippen molar-refractivity contribution >= 4 is 26.7 Å². The Morgan fingerprint density at radius 1 is 1.32 bits per heavy atom. The highest BCUT2D eigenvalue weighted by molar-refractivity contribution is 9.09. The highest BCUT2D eigenvalue weighted by Crippen LogP contribution is 2.26. The lowest BCUT2D eigenvalue weighted by Crippen LogP contribution is -1.96. The lowest BCUT2D eigenvalue weighted by atomic mass is 10.1. The Balaban J connectivity index is 2.12. The number of rotatable bonds is 3. The summed E-state index contributed by atoms with van der Waals surface area (Å²) < 4.78 is 1.81. The van der Waals surface area contributed by atoms with E-state index in [-0.39, 0.29) is 4.83 Å². The van der Waals surface area contributed by atoms with Crippen molar-refractivity contribution in [2.24, 2.45) is 0 Å². The number of aromatic nitrogens is 4. The summed E-state index contributed by atoms with van der Waals surface area (Å²) in [5, 5.41) is 10.7. The molecule has 4 nitrogen and oxygen atoms in total. The van der Waals surface area contributed by atoms with Crippen LogP contribution >= 0.6 is 15.9 Å². The maximum Gasteiger partial charge on any atom is 0.0967 e. The molecule has 96 valence electrons. The van der Waals surface area contributed by atoms with Crippen LogP contribution in [0.5, 0.6) is 0 Å². The summed E-state index contributed by atoms with van der Waals surface area (Å²) in [6, 6.07) is 8.11. The number of benzene rings is 1. The van der Waals surface area contributed by atoms with Crippen LogP contribution in [0.15, 0.2) is 42.9 Å². The molecule has 0 N–H and O–H groups in total. The van der Waals surface area contributed by atoms with Crippen LogP contribution in [0, 0.1) is 0 Å². The Bertz CT molecular complexity index is 702. The van der Waals surface area contributed by atoms with Crippen LogP contribution in [-0.2, 0) is 0 Å². The summed E-state index contributed by atoms with van der Waals surface area (Å²) in [6.07, 6.45) is 6.60. The SMILES string of the molecule is CCC(Br)c1cn(-c2cccc3ccncc23)nn1. The van der Waals surface area contributed by atoms with Gasteiger partial charge in [-0.3, -0.25) is 4.98 Å². The Kier molecular flexibility index (Phi) is 3.29. The Hall–Kier alpha value is -1.75. The van der Waals surface area contributed by atoms with Crippen LogP contribution in [-0.4, -0.2) is 20.0 Å². The summed E-state index contributed by atoms with van der Waals surface area (Å²) >= 11 is 3.59. The molecule has 0 aliphatic carbocycles. The molecule has 0 amide bonds. The Morgan fingerprint density at radius 2 is 2.21 bits per heavy atom. The molecule has 1 aromatic carbocycles. The normalized spacial score (nSPS) is 12.7. The quantitative estimate of drug-likeness (QED) is 0.692. The van der Waals surface area contributed by atoms with Gasteiger partial charge in [0.1, 0.15) is 0 Å². The molecule has 0 bridgehead atoms. The van der Waals surface area contributed by atoms with E-state index in [1.54, 1.807) is 6.20 Å². The summed E-state index contributed by atoms with van der Waals surface area (Å²) in [6.45, 7) is 2.11. The second-order valence-electron chi connectivity index (χ2n) is 4.34. The molecule has 3 rings (SSSR count). The van der Waals surface area contributed by atoms with E-state index in [1.807, 2.05) is 35.3 Å². The van der Waals surface area contributed by atoms with Gasteiger partial charge in [0.05, 0.1) is 22.4 Å². The molecule has 2 heterocycles. The van der Waals surface area contributed by atoms with Gasteiger partial charge in [0.15, 0.2) is 0 Å². The molecule has 1 atom stereocenters. The van der Waals surface area contributed by atoms with Crippen molar-refractivity contribution in [1.29, 1.82) is 0 Å². The number of hydrogen-bond donors (Lipinski definition) is 0. The van der Waals surface area contributed by atoms with Crippen molar-refractivity contribution in [1.82, 2.24) is 20.0 Å². The zero-order valence-corrected chi connectivity index (χ0v) is 12.1. The fourth-order valence-electron chi connectivity index (χ4n) is 2.04. The highest BCUT2D eigenvalue weighted by Gasteiger charge is 2.11. The van der Waals surface area contributed by atoms with Crippen LogP contribution in [0.4, 0.5) is 0 Å². The van der Waals surface area contributed by atoms with E-state index in [1.165, 1.54) is 0 Å². The lowest BCUT2D eigenvalue weighted by molar-refractivity contribution is 0.793. The van der Waals surface area contributed by atoms with Crippen molar-refractivity contribution in [3.05, 3.63) is 48.5 Å². The largest absolute Gasteiger partial charge is 0.264 e. The van der Waals surface area contributed by atoms with Gasteiger partial charge in [-0.15, -0.1) is 5.10 Å². The zero-order chi connectivity index (χ0) is 13.2. The van der Waals surface area contributed by atoms with Gasteiger partial charge in [0.2, 0.25) is 0 Å². The molecule has 0 saturated heterocycles. The molecule has 0 aliphatic heterocycles. The van der Waals surface area contributed by atoms with E-state index >= 15 is 0 Å². The minimum atomic E-state index is 0.245. The molecule has 0 aliphatic rings. The predicted molar refractivity (Wildman–Crippen MR) is 78.6 cm³/mol. The maximum absolute atomic E-state index is 4.22. The van der Waals surface area contributed by atoms with E-state index in [2.05, 4.69) is 44.2 Å². The lowest BCUT2D eigenvalue weighted by Gasteiger charge is -2.05. The van der Waals surface area contributed by atoms with E-state index in [9.17, 15) is 0 Å². The van der Waals surface area contributed by atoms with Crippen LogP contribution < -0.4 is 0 Å². The standard InChI is InChI=1S/C14H13BrN4/c1-2-12(15)13-9-19(18-17-13)14-5-3-4-10-6-7-16-8-11(10)14/h3-9,12H,2H2,1H3. The molecular weight excluding hydrogens is 304 g/mol. The van der Waals surface area contributed by atoms with Crippen molar-refractivity contribution in [2.45, 2.75) is 18.2 Å². The van der Waals surface area contributed by atoms with Gasteiger partial charge in [0, 0.05) is 17.8 Å². The number of nitrogens with zero attached hydrogens (tertiary/aromatic N) is 4. The van der Waals surface area contributed by atoms with Crippen molar-refractivity contribution in [3.63, 3.8) is 0 Å². The first kappa shape index (κ1) is 12.3. The average molecular weight is 317 g/mol. The van der Waals surface area contributed by atoms with E-state index < -0.39 is 0 Å². The Morgan fingerprint density at radius 3 is 3.05 bits per heavy atom. The summed E-state index contributed by atoms with van der Waals surface area (Å²) in [7, 11) is 0. The van der Waals surface area contributed by atoms with Crippen molar-refractivity contribution in [2.75, 3.05) is 0 Å². The molecule has 5 heteroatoms. The van der Waals surface area contributed by atoms with Crippen LogP contribution in [0.1, 0.15) is 23.9 Å². The molecule has 3 aromatic rings. The van der Waals surface area contributed by atoms with E-state index in [0.717, 1.165) is 28.6 Å². The van der Waals surface area contributed by atoms with E-state index in [0.29, 0.717) is 0 Å². The molecule has 0 fully saturated rings. The minimum Gasteiger partial charge on any atom is -0.264 e. The smallest absolute Gasteiger partial charge is 0.0967 e. The van der Waals surface area contributed by atoms with Crippen LogP contribution in [0.25, 0.3) is 16.5 Å². The monoisotopic (exact) mass is 316 g/mol. The highest BCUT2D eigenvalue weighted by atomic mass is 79.9. The molecule has 19 heavy (non-hydrogen) atoms. The van der Waals surface area contributed by atoms with Crippen LogP contribution in [0.2, 0.25) is 0 Å². The third-order valence-electron chi connectivity index (χ3n) is 3.10. The van der Waals surface area contributed by atoms with Crippen molar-refractivity contribution < 1.29 is 0 Å². The molecule has 2 aromatic heterocycles. The van der Waals surface area contributed by atoms with Gasteiger partial charge in [-0.2, -0.15) is 0 Å². The second kappa shape index (κ2) is 5.09. The van der Waals surface area contributed by atoms with Crippen molar-refractivity contribution in [3.8, 4) is 5.69 Å². The summed E-state index contributed by atoms with van der Waals surface area (Å²) in [4.78, 5) is 4.43. The number of fused-ring (bicyclic) bond motifs is 1. The van der Waals surface area contributed by atoms with Gasteiger partial charge in [-0.05, 0) is 23.9 Å². The fourth-order valence-corrected chi connectivity index (χ4v) is 2.25. The van der Waals surface area contributed by atoms with Gasteiger partial charge >= 0.3 is 0 Å². The third kappa shape index (κ3) is 2.26. The first-order valence-electron chi connectivity index (χ1n) is 6.19. The van der Waals surface area contributed by atoms with Gasteiger partial charge in [-0.25, -0.2) is 4.68 Å². The molecule has 1 unspecified atom stereocenters. The first-order chi connectivity index (χ1) is 9.29. The minimum absolute atomic E-state index is 0.245. The summed E-state index contributed by atoms with van der Waals surface area (Å²) in [5.41, 5.74) is 1.95. The van der Waals surface area contributed by atoms with Gasteiger partial charge < -0.3 is 0 Å². The topological polar surface area (TPSA) is 43.6 Å². The average Bonchev–Trinajstić information content (AvgIpc) is 2.95. The maximum atomic E-state index is 4.22. The molecule has 0 spiro atoms. The second-order valence-corrected chi connectivity index (χ2v) is 5.44. The fraction of sp³-hybridized carbons (Fsp3) is 0.214. The number of halogens is 1. The van der Waals surface area contributed by atoms with Gasteiger partial charge in [-0.1, -0.05) is 40.2 Å². The predicted octanol–water partition coefficient (Wildman–Crippen LogP) is 3.66. The Labute approximate surface area is 119 Å². The number of alkyl halides is 1. The molecule has 0 saturated carbocycles. The number of hydrogen-bond acceptors (Lipinski definition) is 3. The van der Waals surface area contributed by atoms with Gasteiger partial charge in [0.25, 0.3) is 0 Å². The third-order valence-corrected chi connectivity index (χ3v) is 4.21. The molecular formula is C14H13BrN4. The summed E-state index contributed by atoms with van der Waals surface area (Å²) in [5.74, 6) is 0. The molecule has 0 radical (unpaired) electrons.